The summed E-state index contributed by atoms with van der Waals surface area (Å²) in [6.07, 6.45) is 2.18. The summed E-state index contributed by atoms with van der Waals surface area (Å²) in [5, 5.41) is 3.02. The second-order valence-electron chi connectivity index (χ2n) is 7.08. The van der Waals surface area contributed by atoms with E-state index in [-0.39, 0.29) is 11.8 Å². The van der Waals surface area contributed by atoms with Crippen LogP contribution in [0.5, 0.6) is 0 Å². The minimum Gasteiger partial charge on any atom is -0.349 e. The van der Waals surface area contributed by atoms with Gasteiger partial charge in [-0.25, -0.2) is 0 Å². The van der Waals surface area contributed by atoms with E-state index in [4.69, 9.17) is 0 Å². The Labute approximate surface area is 157 Å². The van der Waals surface area contributed by atoms with Gasteiger partial charge in [0.1, 0.15) is 0 Å². The number of hydrogen-bond donors (Lipinski definition) is 1. The minimum absolute atomic E-state index is 0.0191. The second kappa shape index (κ2) is 7.21. The average Bonchev–Trinajstić information content (AvgIpc) is 3.33. The Morgan fingerprint density at radius 2 is 1.69 bits per heavy atom. The fraction of sp³-hybridized carbons (Fsp3) is 0.400. The molecule has 1 aromatic carbocycles. The van der Waals surface area contributed by atoms with Crippen LogP contribution < -0.4 is 5.32 Å². The predicted molar refractivity (Wildman–Crippen MR) is 104 cm³/mol. The number of rotatable bonds is 4. The van der Waals surface area contributed by atoms with Gasteiger partial charge in [0.05, 0.1) is 4.88 Å². The number of likely N-dealkylation sites (N-methyl/N-ethyl adjacent to an activating group) is 1. The van der Waals surface area contributed by atoms with Crippen LogP contribution in [-0.4, -0.2) is 60.9 Å². The van der Waals surface area contributed by atoms with Crippen molar-refractivity contribution in [1.82, 2.24) is 15.1 Å². The summed E-state index contributed by atoms with van der Waals surface area (Å²) in [6, 6.07) is 11.9. The molecule has 26 heavy (non-hydrogen) atoms. The van der Waals surface area contributed by atoms with Gasteiger partial charge < -0.3 is 15.1 Å². The molecule has 1 aliphatic carbocycles. The molecule has 2 fully saturated rings. The molecule has 136 valence electrons. The van der Waals surface area contributed by atoms with Crippen molar-refractivity contribution in [3.8, 4) is 10.4 Å². The Kier molecular flexibility index (Phi) is 4.78. The van der Waals surface area contributed by atoms with Crippen LogP contribution in [0.2, 0.25) is 0 Å². The molecule has 2 aliphatic rings. The largest absolute Gasteiger partial charge is 0.349 e. The molecule has 1 aliphatic heterocycles. The number of hydrogen-bond acceptors (Lipinski definition) is 4. The quantitative estimate of drug-likeness (QED) is 0.902. The van der Waals surface area contributed by atoms with Gasteiger partial charge in [-0.3, -0.25) is 9.59 Å². The number of carbonyl (C=O) groups is 2. The van der Waals surface area contributed by atoms with Gasteiger partial charge in [-0.05, 0) is 49.7 Å². The van der Waals surface area contributed by atoms with Crippen molar-refractivity contribution in [1.29, 1.82) is 0 Å². The summed E-state index contributed by atoms with van der Waals surface area (Å²) < 4.78 is 0. The van der Waals surface area contributed by atoms with Gasteiger partial charge in [-0.1, -0.05) is 12.1 Å². The van der Waals surface area contributed by atoms with E-state index in [9.17, 15) is 9.59 Å². The fourth-order valence-electron chi connectivity index (χ4n) is 3.07. The number of nitrogens with zero attached hydrogens (tertiary/aromatic N) is 2. The maximum Gasteiger partial charge on any atom is 0.261 e. The molecule has 2 aromatic rings. The van der Waals surface area contributed by atoms with Gasteiger partial charge >= 0.3 is 0 Å². The van der Waals surface area contributed by atoms with Crippen LogP contribution in [0.25, 0.3) is 10.4 Å². The molecule has 1 N–H and O–H groups in total. The van der Waals surface area contributed by atoms with Crippen LogP contribution in [-0.2, 0) is 0 Å². The number of benzene rings is 1. The van der Waals surface area contributed by atoms with Gasteiger partial charge in [0.15, 0.2) is 0 Å². The number of amides is 2. The SMILES string of the molecule is CN1CCN(C(=O)c2ccc(-c3ccc(C(=O)NC4CC4)s3)cc2)CC1. The lowest BCUT2D eigenvalue weighted by Crippen LogP contribution is -2.47. The number of piperazine rings is 1. The Morgan fingerprint density at radius 3 is 2.35 bits per heavy atom. The minimum atomic E-state index is 0.0191. The van der Waals surface area contributed by atoms with Crippen molar-refractivity contribution in [3.63, 3.8) is 0 Å². The molecular weight excluding hydrogens is 346 g/mol. The molecular formula is C20H23N3O2S. The van der Waals surface area contributed by atoms with Crippen molar-refractivity contribution in [2.75, 3.05) is 33.2 Å². The molecule has 2 heterocycles. The highest BCUT2D eigenvalue weighted by molar-refractivity contribution is 7.17. The molecule has 6 heteroatoms. The summed E-state index contributed by atoms with van der Waals surface area (Å²) >= 11 is 1.49. The smallest absolute Gasteiger partial charge is 0.261 e. The van der Waals surface area contributed by atoms with E-state index >= 15 is 0 Å². The van der Waals surface area contributed by atoms with E-state index in [1.807, 2.05) is 41.3 Å². The van der Waals surface area contributed by atoms with Crippen molar-refractivity contribution in [2.24, 2.45) is 0 Å². The maximum absolute atomic E-state index is 12.6. The topological polar surface area (TPSA) is 52.7 Å². The van der Waals surface area contributed by atoms with Crippen LogP contribution in [0.4, 0.5) is 0 Å². The lowest BCUT2D eigenvalue weighted by atomic mass is 10.1. The van der Waals surface area contributed by atoms with E-state index in [0.29, 0.717) is 6.04 Å². The maximum atomic E-state index is 12.6. The highest BCUT2D eigenvalue weighted by Gasteiger charge is 2.24. The molecule has 0 spiro atoms. The molecule has 0 bridgehead atoms. The summed E-state index contributed by atoms with van der Waals surface area (Å²) in [7, 11) is 2.08. The zero-order chi connectivity index (χ0) is 18.1. The van der Waals surface area contributed by atoms with Crippen molar-refractivity contribution in [2.45, 2.75) is 18.9 Å². The summed E-state index contributed by atoms with van der Waals surface area (Å²) in [5.41, 5.74) is 1.76. The summed E-state index contributed by atoms with van der Waals surface area (Å²) in [6.45, 7) is 3.40. The highest BCUT2D eigenvalue weighted by atomic mass is 32.1. The average molecular weight is 369 g/mol. The lowest BCUT2D eigenvalue weighted by Gasteiger charge is -2.32. The third kappa shape index (κ3) is 3.81. The van der Waals surface area contributed by atoms with Crippen LogP contribution in [0, 0.1) is 0 Å². The number of nitrogens with one attached hydrogen (secondary N) is 1. The van der Waals surface area contributed by atoms with Gasteiger partial charge in [0.25, 0.3) is 11.8 Å². The second-order valence-corrected chi connectivity index (χ2v) is 8.17. The van der Waals surface area contributed by atoms with Crippen molar-refractivity contribution >= 4 is 23.2 Å². The normalized spacial score (nSPS) is 18.0. The molecule has 1 saturated heterocycles. The summed E-state index contributed by atoms with van der Waals surface area (Å²) in [5.74, 6) is 0.117. The highest BCUT2D eigenvalue weighted by Crippen LogP contribution is 2.29. The number of carbonyl (C=O) groups excluding carboxylic acids is 2. The third-order valence-corrected chi connectivity index (χ3v) is 6.08. The van der Waals surface area contributed by atoms with Gasteiger partial charge in [-0.2, -0.15) is 0 Å². The molecule has 4 rings (SSSR count). The first-order valence-corrected chi connectivity index (χ1v) is 9.91. The van der Waals surface area contributed by atoms with Crippen molar-refractivity contribution < 1.29 is 9.59 Å². The molecule has 1 aromatic heterocycles. The predicted octanol–water partition coefficient (Wildman–Crippen LogP) is 2.69. The van der Waals surface area contributed by atoms with Gasteiger partial charge in [0, 0.05) is 42.7 Å². The van der Waals surface area contributed by atoms with Crippen LogP contribution in [0.1, 0.15) is 32.9 Å². The van der Waals surface area contributed by atoms with Gasteiger partial charge in [-0.15, -0.1) is 11.3 Å². The Morgan fingerprint density at radius 1 is 1.00 bits per heavy atom. The first-order chi connectivity index (χ1) is 12.6. The van der Waals surface area contributed by atoms with Crippen LogP contribution in [0.15, 0.2) is 36.4 Å². The van der Waals surface area contributed by atoms with Gasteiger partial charge in [0.2, 0.25) is 0 Å². The monoisotopic (exact) mass is 369 g/mol. The van der Waals surface area contributed by atoms with E-state index < -0.39 is 0 Å². The molecule has 0 atom stereocenters. The first kappa shape index (κ1) is 17.2. The zero-order valence-corrected chi connectivity index (χ0v) is 15.7. The summed E-state index contributed by atoms with van der Waals surface area (Å²) in [4.78, 5) is 30.7. The third-order valence-electron chi connectivity index (χ3n) is 4.95. The first-order valence-electron chi connectivity index (χ1n) is 9.09. The van der Waals surface area contributed by atoms with E-state index in [0.717, 1.165) is 59.9 Å². The molecule has 0 radical (unpaired) electrons. The van der Waals surface area contributed by atoms with Crippen molar-refractivity contribution in [3.05, 3.63) is 46.8 Å². The van der Waals surface area contributed by atoms with E-state index in [1.54, 1.807) is 0 Å². The standard InChI is InChI=1S/C20H23N3O2S/c1-22-10-12-23(13-11-22)20(25)15-4-2-14(3-5-15)17-8-9-18(26-17)19(24)21-16-6-7-16/h2-5,8-9,16H,6-7,10-13H2,1H3,(H,21,24). The lowest BCUT2D eigenvalue weighted by molar-refractivity contribution is 0.0664. The molecule has 5 nitrogen and oxygen atoms in total. The van der Waals surface area contributed by atoms with E-state index in [1.165, 1.54) is 11.3 Å². The molecule has 1 saturated carbocycles. The van der Waals surface area contributed by atoms with E-state index in [2.05, 4.69) is 17.3 Å². The Hall–Kier alpha value is -2.18. The Bertz CT molecular complexity index is 803. The zero-order valence-electron chi connectivity index (χ0n) is 14.9. The van der Waals surface area contributed by atoms with Crippen LogP contribution in [0.3, 0.4) is 0 Å². The van der Waals surface area contributed by atoms with Crippen LogP contribution >= 0.6 is 11.3 Å². The number of thiophene rings is 1. The molecule has 2 amide bonds. The Balaban J connectivity index is 1.43. The fourth-order valence-corrected chi connectivity index (χ4v) is 3.98. The molecule has 0 unspecified atom stereocenters.